The summed E-state index contributed by atoms with van der Waals surface area (Å²) in [4.78, 5) is 56.7. The SMILES string of the molecule is C[C@@H](C(=O)N[C@H]1CC(CCO)CC[C@H]2CC[C@@H](C(=O)N[C@@H]3CCCc4ccccc43)N2C1=O)N(C)C(=O)OC(C)(C)C. The van der Waals surface area contributed by atoms with Gasteiger partial charge in [-0.25, -0.2) is 4.79 Å². The number of carbonyl (C=O) groups excluding carboxylic acids is 4. The van der Waals surface area contributed by atoms with E-state index in [4.69, 9.17) is 4.74 Å². The Labute approximate surface area is 249 Å². The molecule has 10 heteroatoms. The summed E-state index contributed by atoms with van der Waals surface area (Å²) in [6.45, 7) is 6.85. The van der Waals surface area contributed by atoms with E-state index in [1.165, 1.54) is 17.5 Å². The van der Waals surface area contributed by atoms with E-state index in [0.717, 1.165) is 44.1 Å². The first-order valence-corrected chi connectivity index (χ1v) is 15.5. The van der Waals surface area contributed by atoms with Gasteiger partial charge in [0.05, 0.1) is 6.04 Å². The molecule has 1 aromatic rings. The van der Waals surface area contributed by atoms with Crippen LogP contribution < -0.4 is 10.6 Å². The molecule has 2 heterocycles. The highest BCUT2D eigenvalue weighted by molar-refractivity contribution is 5.94. The molecule has 0 radical (unpaired) electrons. The van der Waals surface area contributed by atoms with Crippen molar-refractivity contribution in [3.8, 4) is 0 Å². The molecule has 2 saturated heterocycles. The fraction of sp³-hybridized carbons (Fsp3) is 0.688. The van der Waals surface area contributed by atoms with E-state index in [0.29, 0.717) is 19.3 Å². The predicted octanol–water partition coefficient (Wildman–Crippen LogP) is 3.46. The van der Waals surface area contributed by atoms with Crippen LogP contribution in [-0.4, -0.2) is 82.1 Å². The van der Waals surface area contributed by atoms with Crippen LogP contribution in [-0.2, 0) is 25.5 Å². The van der Waals surface area contributed by atoms with Crippen LogP contribution in [0.4, 0.5) is 4.79 Å². The lowest BCUT2D eigenvalue weighted by molar-refractivity contribution is -0.145. The third-order valence-electron chi connectivity index (χ3n) is 9.02. The van der Waals surface area contributed by atoms with Crippen LogP contribution in [0.3, 0.4) is 0 Å². The van der Waals surface area contributed by atoms with E-state index in [-0.39, 0.29) is 36.4 Å². The van der Waals surface area contributed by atoms with Gasteiger partial charge in [0.25, 0.3) is 0 Å². The highest BCUT2D eigenvalue weighted by Gasteiger charge is 2.46. The third kappa shape index (κ3) is 7.43. The van der Waals surface area contributed by atoms with Crippen LogP contribution in [0, 0.1) is 5.92 Å². The van der Waals surface area contributed by atoms with Gasteiger partial charge in [-0.2, -0.15) is 0 Å². The first-order valence-electron chi connectivity index (χ1n) is 15.5. The molecule has 42 heavy (non-hydrogen) atoms. The summed E-state index contributed by atoms with van der Waals surface area (Å²) in [6, 6.07) is 5.66. The summed E-state index contributed by atoms with van der Waals surface area (Å²) < 4.78 is 5.41. The van der Waals surface area contributed by atoms with Crippen molar-refractivity contribution in [3.05, 3.63) is 35.4 Å². The number of carbonyl (C=O) groups is 4. The summed E-state index contributed by atoms with van der Waals surface area (Å²) in [5, 5.41) is 15.8. The van der Waals surface area contributed by atoms with Gasteiger partial charge in [0, 0.05) is 19.7 Å². The Balaban J connectivity index is 1.50. The fourth-order valence-electron chi connectivity index (χ4n) is 6.61. The molecule has 0 aromatic heterocycles. The molecule has 0 spiro atoms. The Morgan fingerprint density at radius 3 is 2.50 bits per heavy atom. The van der Waals surface area contributed by atoms with E-state index in [1.54, 1.807) is 32.6 Å². The Morgan fingerprint density at radius 1 is 1.07 bits per heavy atom. The first kappa shape index (κ1) is 31.8. The molecule has 232 valence electrons. The number of nitrogens with zero attached hydrogens (tertiary/aromatic N) is 2. The highest BCUT2D eigenvalue weighted by Crippen LogP contribution is 2.35. The number of likely N-dealkylation sites (N-methyl/N-ethyl adjacent to an activating group) is 1. The minimum absolute atomic E-state index is 0.000414. The molecule has 2 fully saturated rings. The van der Waals surface area contributed by atoms with Gasteiger partial charge in [0.2, 0.25) is 17.7 Å². The van der Waals surface area contributed by atoms with Crippen molar-refractivity contribution in [2.24, 2.45) is 5.92 Å². The van der Waals surface area contributed by atoms with Crippen molar-refractivity contribution in [1.82, 2.24) is 20.4 Å². The Hall–Kier alpha value is -3.14. The van der Waals surface area contributed by atoms with Gasteiger partial charge in [-0.15, -0.1) is 0 Å². The van der Waals surface area contributed by atoms with Gasteiger partial charge < -0.3 is 25.4 Å². The number of rotatable bonds is 7. The molecule has 4 rings (SSSR count). The lowest BCUT2D eigenvalue weighted by Gasteiger charge is -2.38. The first-order chi connectivity index (χ1) is 19.9. The molecule has 1 unspecified atom stereocenters. The number of ether oxygens (including phenoxy) is 1. The van der Waals surface area contributed by atoms with Gasteiger partial charge in [-0.1, -0.05) is 24.3 Å². The molecular formula is C32H48N4O6. The molecule has 3 aliphatic rings. The topological polar surface area (TPSA) is 128 Å². The van der Waals surface area contributed by atoms with Crippen LogP contribution in [0.5, 0.6) is 0 Å². The van der Waals surface area contributed by atoms with E-state index < -0.39 is 35.7 Å². The molecule has 1 aromatic carbocycles. The second-order valence-corrected chi connectivity index (χ2v) is 13.2. The number of aliphatic hydroxyl groups is 1. The van der Waals surface area contributed by atoms with Gasteiger partial charge >= 0.3 is 6.09 Å². The number of fused-ring (bicyclic) bond motifs is 2. The molecule has 0 bridgehead atoms. The predicted molar refractivity (Wildman–Crippen MR) is 158 cm³/mol. The minimum Gasteiger partial charge on any atom is -0.444 e. The lowest BCUT2D eigenvalue weighted by atomic mass is 9.87. The summed E-state index contributed by atoms with van der Waals surface area (Å²) >= 11 is 0. The van der Waals surface area contributed by atoms with Gasteiger partial charge in [-0.3, -0.25) is 19.3 Å². The van der Waals surface area contributed by atoms with Crippen LogP contribution in [0.2, 0.25) is 0 Å². The smallest absolute Gasteiger partial charge is 0.410 e. The standard InChI is InChI=1S/C32H48N4O6/c1-20(35(5)31(41)42-32(2,3)4)28(38)34-26-19-21(17-18-37)13-14-23-15-16-27(36(23)30(26)40)29(39)33-25-12-8-10-22-9-6-7-11-24(22)25/h6-7,9,11,20-21,23,25-27,37H,8,10,12-19H2,1-5H3,(H,33,39)(H,34,38)/t20-,21?,23-,25+,26-,27-/m0/s1. The van der Waals surface area contributed by atoms with E-state index in [2.05, 4.69) is 22.8 Å². The van der Waals surface area contributed by atoms with Crippen molar-refractivity contribution in [1.29, 1.82) is 0 Å². The average molecular weight is 585 g/mol. The lowest BCUT2D eigenvalue weighted by Crippen LogP contribution is -2.59. The number of benzene rings is 1. The molecule has 1 aliphatic carbocycles. The Kier molecular flexibility index (Phi) is 10.2. The molecule has 2 aliphatic heterocycles. The van der Waals surface area contributed by atoms with Crippen LogP contribution in [0.1, 0.15) is 96.2 Å². The number of hydrogen-bond acceptors (Lipinski definition) is 6. The van der Waals surface area contributed by atoms with Crippen molar-refractivity contribution in [2.75, 3.05) is 13.7 Å². The van der Waals surface area contributed by atoms with Gasteiger partial charge in [0.1, 0.15) is 23.7 Å². The summed E-state index contributed by atoms with van der Waals surface area (Å²) in [5.41, 5.74) is 1.68. The molecule has 6 atom stereocenters. The zero-order valence-corrected chi connectivity index (χ0v) is 25.7. The molecule has 0 saturated carbocycles. The quantitative estimate of drug-likeness (QED) is 0.450. The molecule has 4 amide bonds. The maximum absolute atomic E-state index is 14.1. The number of hydrogen-bond donors (Lipinski definition) is 3. The Bertz CT molecular complexity index is 1150. The zero-order chi connectivity index (χ0) is 30.6. The fourth-order valence-corrected chi connectivity index (χ4v) is 6.61. The van der Waals surface area contributed by atoms with Crippen molar-refractivity contribution in [3.63, 3.8) is 0 Å². The zero-order valence-electron chi connectivity index (χ0n) is 25.7. The number of amides is 4. The maximum atomic E-state index is 14.1. The number of aliphatic hydroxyl groups excluding tert-OH is 1. The van der Waals surface area contributed by atoms with Crippen LogP contribution in [0.15, 0.2) is 24.3 Å². The largest absolute Gasteiger partial charge is 0.444 e. The normalized spacial score (nSPS) is 26.7. The van der Waals surface area contributed by atoms with E-state index >= 15 is 0 Å². The number of aryl methyl sites for hydroxylation is 1. The van der Waals surface area contributed by atoms with Crippen LogP contribution >= 0.6 is 0 Å². The van der Waals surface area contributed by atoms with Crippen molar-refractivity contribution in [2.45, 2.75) is 121 Å². The van der Waals surface area contributed by atoms with Gasteiger partial charge in [0.15, 0.2) is 0 Å². The summed E-state index contributed by atoms with van der Waals surface area (Å²) in [6.07, 6.45) is 5.95. The Morgan fingerprint density at radius 2 is 1.79 bits per heavy atom. The van der Waals surface area contributed by atoms with Crippen molar-refractivity contribution < 1.29 is 29.0 Å². The average Bonchev–Trinajstić information content (AvgIpc) is 3.36. The molecular weight excluding hydrogens is 536 g/mol. The second-order valence-electron chi connectivity index (χ2n) is 13.2. The summed E-state index contributed by atoms with van der Waals surface area (Å²) in [5.74, 6) is -0.842. The third-order valence-corrected chi connectivity index (χ3v) is 9.02. The van der Waals surface area contributed by atoms with Crippen molar-refractivity contribution >= 4 is 23.8 Å². The van der Waals surface area contributed by atoms with Gasteiger partial charge in [-0.05, 0) is 103 Å². The molecule has 10 nitrogen and oxygen atoms in total. The highest BCUT2D eigenvalue weighted by atomic mass is 16.6. The second kappa shape index (κ2) is 13.4. The monoisotopic (exact) mass is 584 g/mol. The van der Waals surface area contributed by atoms with Crippen LogP contribution in [0.25, 0.3) is 0 Å². The molecule has 3 N–H and O–H groups in total. The van der Waals surface area contributed by atoms with E-state index in [9.17, 15) is 24.3 Å². The minimum atomic E-state index is -0.880. The maximum Gasteiger partial charge on any atom is 0.410 e. The summed E-state index contributed by atoms with van der Waals surface area (Å²) in [7, 11) is 1.49. The van der Waals surface area contributed by atoms with E-state index in [1.807, 2.05) is 12.1 Å². The number of nitrogens with one attached hydrogen (secondary N) is 2.